The smallest absolute Gasteiger partial charge is 0.338 e. The summed E-state index contributed by atoms with van der Waals surface area (Å²) in [7, 11) is -2.28. The van der Waals surface area contributed by atoms with Crippen molar-refractivity contribution in [2.75, 3.05) is 14.2 Å². The summed E-state index contributed by atoms with van der Waals surface area (Å²) in [5, 5.41) is 0. The maximum Gasteiger partial charge on any atom is 0.338 e. The van der Waals surface area contributed by atoms with Crippen LogP contribution in [0.5, 0.6) is 0 Å². The first kappa shape index (κ1) is 44.0. The SMILES string of the molecule is CC[Si](CC)(CC1O[C@H](OC)C2OC(C)(C)OC2[C@@H]1OC(=O)c1ccccc1)O[Si](CC)(CC)CC1O[C@@H](OC)C2OC(C)(C)OC2[C@H]1OC(=O)c1ccccc1. The Bertz CT molecular complexity index is 1520. The molecule has 4 fully saturated rings. The van der Waals surface area contributed by atoms with E-state index in [1.807, 2.05) is 39.8 Å². The molecule has 15 heteroatoms. The molecule has 2 aromatic carbocycles. The Morgan fingerprint density at radius 1 is 0.561 bits per heavy atom. The molecule has 0 spiro atoms. The molecule has 0 N–H and O–H groups in total. The normalized spacial score (nSPS) is 32.0. The van der Waals surface area contributed by atoms with E-state index in [0.717, 1.165) is 24.2 Å². The number of carbonyl (C=O) groups excluding carboxylic acids is 2. The lowest BCUT2D eigenvalue weighted by molar-refractivity contribution is -0.263. The molecule has 4 aliphatic heterocycles. The van der Waals surface area contributed by atoms with E-state index in [1.54, 1.807) is 62.8 Å². The fourth-order valence-corrected chi connectivity index (χ4v) is 19.7. The van der Waals surface area contributed by atoms with Crippen LogP contribution < -0.4 is 0 Å². The van der Waals surface area contributed by atoms with Gasteiger partial charge in [0.15, 0.2) is 53.0 Å². The monoisotopic (exact) mass is 830 g/mol. The fraction of sp³-hybridized carbons (Fsp3) is 0.667. The van der Waals surface area contributed by atoms with Gasteiger partial charge in [0.2, 0.25) is 0 Å². The summed E-state index contributed by atoms with van der Waals surface area (Å²) in [6.45, 7) is 16.0. The van der Waals surface area contributed by atoms with Gasteiger partial charge in [0.1, 0.15) is 36.6 Å². The van der Waals surface area contributed by atoms with Crippen molar-refractivity contribution in [3.8, 4) is 0 Å². The van der Waals surface area contributed by atoms with E-state index < -0.39 is 102 Å². The number of esters is 2. The van der Waals surface area contributed by atoms with Gasteiger partial charge in [0, 0.05) is 14.2 Å². The quantitative estimate of drug-likeness (QED) is 0.125. The minimum Gasteiger partial charge on any atom is -0.455 e. The van der Waals surface area contributed by atoms with Crippen LogP contribution in [0.4, 0.5) is 0 Å². The van der Waals surface area contributed by atoms with E-state index in [4.69, 9.17) is 51.5 Å². The molecule has 0 bridgehead atoms. The van der Waals surface area contributed by atoms with Crippen molar-refractivity contribution in [1.82, 2.24) is 0 Å². The Morgan fingerprint density at radius 2 is 0.895 bits per heavy atom. The highest BCUT2D eigenvalue weighted by atomic mass is 28.4. The zero-order valence-electron chi connectivity index (χ0n) is 35.1. The van der Waals surface area contributed by atoms with Crippen LogP contribution in [0, 0.1) is 0 Å². The predicted molar refractivity (Wildman–Crippen MR) is 214 cm³/mol. The summed E-state index contributed by atoms with van der Waals surface area (Å²) in [4.78, 5) is 27.4. The number of methoxy groups -OCH3 is 2. The first-order chi connectivity index (χ1) is 27.1. The Labute approximate surface area is 339 Å². The zero-order valence-corrected chi connectivity index (χ0v) is 37.1. The van der Waals surface area contributed by atoms with Crippen LogP contribution in [0.1, 0.15) is 76.1 Å². The van der Waals surface area contributed by atoms with E-state index in [2.05, 4.69) is 27.7 Å². The largest absolute Gasteiger partial charge is 0.455 e. The van der Waals surface area contributed by atoms with Crippen molar-refractivity contribution in [3.63, 3.8) is 0 Å². The molecule has 0 amide bonds. The number of hydrogen-bond acceptors (Lipinski definition) is 13. The van der Waals surface area contributed by atoms with Gasteiger partial charge in [0.05, 0.1) is 11.1 Å². The molecule has 4 aliphatic rings. The molecule has 316 valence electrons. The van der Waals surface area contributed by atoms with Gasteiger partial charge >= 0.3 is 11.9 Å². The number of benzene rings is 2. The van der Waals surface area contributed by atoms with Crippen LogP contribution in [-0.2, 0) is 51.5 Å². The average molecular weight is 831 g/mol. The van der Waals surface area contributed by atoms with Crippen LogP contribution in [-0.4, -0.2) is 116 Å². The Balaban J connectivity index is 1.31. The third-order valence-electron chi connectivity index (χ3n) is 12.0. The van der Waals surface area contributed by atoms with Crippen molar-refractivity contribution >= 4 is 28.6 Å². The molecule has 6 unspecified atom stereocenters. The van der Waals surface area contributed by atoms with E-state index in [0.29, 0.717) is 23.2 Å². The molecule has 0 radical (unpaired) electrons. The number of hydrogen-bond donors (Lipinski definition) is 0. The molecule has 6 rings (SSSR count). The van der Waals surface area contributed by atoms with E-state index in [9.17, 15) is 9.59 Å². The van der Waals surface area contributed by atoms with Gasteiger partial charge in [-0.25, -0.2) is 9.59 Å². The van der Waals surface area contributed by atoms with Crippen LogP contribution >= 0.6 is 0 Å². The lowest BCUT2D eigenvalue weighted by atomic mass is 9.99. The predicted octanol–water partition coefficient (Wildman–Crippen LogP) is 7.21. The second-order valence-electron chi connectivity index (χ2n) is 16.4. The minimum absolute atomic E-state index is 0.431. The average Bonchev–Trinajstić information content (AvgIpc) is 3.73. The molecule has 2 aromatic rings. The summed E-state index contributed by atoms with van der Waals surface area (Å²) in [6.07, 6.45) is -6.80. The van der Waals surface area contributed by atoms with Crippen molar-refractivity contribution in [2.45, 2.75) is 165 Å². The van der Waals surface area contributed by atoms with Gasteiger partial charge in [-0.1, -0.05) is 64.1 Å². The standard InChI is InChI=1S/C42H62O13Si2/c1-11-56(12-2,25-29-31(49-37(43)27-21-17-15-18-22-27)33-35(39(45-9)47-29)53-41(5,6)51-33)55-57(13-3,14-4)26-30-32(50-38(44)28-23-19-16-20-24-28)34-36(40(46-10)48-30)54-42(7,8)52-34/h15-24,29-36,39-40H,11-14,25-26H2,1-10H3/t29?,30?,31-,32+,33?,34?,35?,36?,39+,40-. The maximum atomic E-state index is 13.7. The van der Waals surface area contributed by atoms with Crippen LogP contribution in [0.2, 0.25) is 36.3 Å². The molecule has 13 nitrogen and oxygen atoms in total. The fourth-order valence-electron chi connectivity index (χ4n) is 8.81. The van der Waals surface area contributed by atoms with Gasteiger partial charge in [-0.3, -0.25) is 0 Å². The highest BCUT2D eigenvalue weighted by Gasteiger charge is 2.61. The third kappa shape index (κ3) is 9.59. The van der Waals surface area contributed by atoms with Crippen molar-refractivity contribution in [2.24, 2.45) is 0 Å². The number of carbonyl (C=O) groups is 2. The molecule has 0 aromatic heterocycles. The first-order valence-corrected chi connectivity index (χ1v) is 25.5. The highest BCUT2D eigenvalue weighted by Crippen LogP contribution is 2.46. The summed E-state index contributed by atoms with van der Waals surface area (Å²) >= 11 is 0. The summed E-state index contributed by atoms with van der Waals surface area (Å²) < 4.78 is 71.1. The van der Waals surface area contributed by atoms with E-state index in [-0.39, 0.29) is 0 Å². The van der Waals surface area contributed by atoms with Crippen LogP contribution in [0.25, 0.3) is 0 Å². The molecule has 4 heterocycles. The van der Waals surface area contributed by atoms with E-state index in [1.165, 1.54) is 0 Å². The molecule has 57 heavy (non-hydrogen) atoms. The van der Waals surface area contributed by atoms with Gasteiger partial charge in [-0.05, 0) is 88.2 Å². The molecule has 10 atom stereocenters. The van der Waals surface area contributed by atoms with Crippen molar-refractivity contribution in [3.05, 3.63) is 71.8 Å². The lowest BCUT2D eigenvalue weighted by Gasteiger charge is -2.48. The molecular weight excluding hydrogens is 769 g/mol. The van der Waals surface area contributed by atoms with Gasteiger partial charge in [-0.15, -0.1) is 0 Å². The number of ether oxygens (including phenoxy) is 10. The molecule has 0 saturated carbocycles. The Hall–Kier alpha value is -2.55. The second-order valence-corrected chi connectivity index (χ2v) is 25.6. The molecule has 0 aliphatic carbocycles. The summed E-state index contributed by atoms with van der Waals surface area (Å²) in [6, 6.07) is 22.0. The van der Waals surface area contributed by atoms with Crippen molar-refractivity contribution < 1.29 is 61.1 Å². The first-order valence-electron chi connectivity index (χ1n) is 20.4. The molecular formula is C42H62O13Si2. The molecule has 4 saturated heterocycles. The number of rotatable bonds is 16. The Morgan fingerprint density at radius 3 is 1.21 bits per heavy atom. The third-order valence-corrected chi connectivity index (χ3v) is 22.9. The van der Waals surface area contributed by atoms with Crippen LogP contribution in [0.3, 0.4) is 0 Å². The van der Waals surface area contributed by atoms with Gasteiger partial charge in [0.25, 0.3) is 0 Å². The number of fused-ring (bicyclic) bond motifs is 2. The maximum absolute atomic E-state index is 13.7. The summed E-state index contributed by atoms with van der Waals surface area (Å²) in [5.74, 6) is -2.83. The van der Waals surface area contributed by atoms with Gasteiger partial charge in [-0.2, -0.15) is 0 Å². The Kier molecular flexibility index (Phi) is 13.9. The van der Waals surface area contributed by atoms with E-state index >= 15 is 0 Å². The second kappa shape index (κ2) is 18.0. The minimum atomic E-state index is -2.73. The zero-order chi connectivity index (χ0) is 41.2. The lowest BCUT2D eigenvalue weighted by Crippen LogP contribution is -2.63. The van der Waals surface area contributed by atoms with Gasteiger partial charge < -0.3 is 51.5 Å². The van der Waals surface area contributed by atoms with Crippen LogP contribution in [0.15, 0.2) is 60.7 Å². The summed E-state index contributed by atoms with van der Waals surface area (Å²) in [5.41, 5.74) is 0.862. The highest BCUT2D eigenvalue weighted by molar-refractivity contribution is 6.87. The topological polar surface area (TPSA) is 136 Å². The van der Waals surface area contributed by atoms with Crippen molar-refractivity contribution in [1.29, 1.82) is 0 Å².